The van der Waals surface area contributed by atoms with Gasteiger partial charge < -0.3 is 10.6 Å². The van der Waals surface area contributed by atoms with Gasteiger partial charge in [-0.15, -0.1) is 0 Å². The smallest absolute Gasteiger partial charge is 0.224 e. The lowest BCUT2D eigenvalue weighted by atomic mass is 9.98. The van der Waals surface area contributed by atoms with E-state index >= 15 is 0 Å². The second-order valence-electron chi connectivity index (χ2n) is 5.99. The zero-order chi connectivity index (χ0) is 15.4. The van der Waals surface area contributed by atoms with E-state index in [1.165, 1.54) is 16.7 Å². The molecular formula is C19H22N2O. The Morgan fingerprint density at radius 3 is 2.50 bits per heavy atom. The molecule has 1 aliphatic rings. The van der Waals surface area contributed by atoms with Gasteiger partial charge >= 0.3 is 0 Å². The third kappa shape index (κ3) is 3.55. The Hall–Kier alpha value is -2.13. The second-order valence-corrected chi connectivity index (χ2v) is 5.99. The van der Waals surface area contributed by atoms with Crippen molar-refractivity contribution in [3.05, 3.63) is 71.3 Å². The number of carbonyl (C=O) groups excluding carboxylic acids is 1. The third-order valence-corrected chi connectivity index (χ3v) is 4.26. The molecule has 22 heavy (non-hydrogen) atoms. The predicted octanol–water partition coefficient (Wildman–Crippen LogP) is 2.53. The summed E-state index contributed by atoms with van der Waals surface area (Å²) in [6, 6.07) is 18.4. The van der Waals surface area contributed by atoms with Gasteiger partial charge in [-0.2, -0.15) is 0 Å². The van der Waals surface area contributed by atoms with E-state index < -0.39 is 0 Å². The van der Waals surface area contributed by atoms with Crippen molar-refractivity contribution < 1.29 is 4.79 Å². The molecule has 0 fully saturated rings. The molecule has 1 aliphatic heterocycles. The van der Waals surface area contributed by atoms with Crippen LogP contribution in [0.5, 0.6) is 0 Å². The summed E-state index contributed by atoms with van der Waals surface area (Å²) in [5, 5.41) is 0. The molecule has 1 heterocycles. The van der Waals surface area contributed by atoms with E-state index in [1.54, 1.807) is 0 Å². The number of hydrogen-bond donors (Lipinski definition) is 1. The van der Waals surface area contributed by atoms with Crippen molar-refractivity contribution in [2.75, 3.05) is 6.54 Å². The number of carbonyl (C=O) groups is 1. The van der Waals surface area contributed by atoms with Gasteiger partial charge in [0.2, 0.25) is 5.91 Å². The molecule has 0 bridgehead atoms. The first-order valence-corrected chi connectivity index (χ1v) is 7.86. The summed E-state index contributed by atoms with van der Waals surface area (Å²) >= 11 is 0. The molecule has 0 unspecified atom stereocenters. The van der Waals surface area contributed by atoms with Crippen LogP contribution in [0.4, 0.5) is 0 Å². The number of nitrogens with zero attached hydrogens (tertiary/aromatic N) is 1. The molecule has 0 spiro atoms. The van der Waals surface area contributed by atoms with Crippen LogP contribution in [-0.2, 0) is 24.2 Å². The molecule has 0 radical (unpaired) electrons. The number of hydrogen-bond acceptors (Lipinski definition) is 2. The van der Waals surface area contributed by atoms with Crippen molar-refractivity contribution in [2.45, 2.75) is 31.8 Å². The maximum Gasteiger partial charge on any atom is 0.224 e. The summed E-state index contributed by atoms with van der Waals surface area (Å²) in [5.41, 5.74) is 9.97. The van der Waals surface area contributed by atoms with Gasteiger partial charge in [-0.3, -0.25) is 4.79 Å². The monoisotopic (exact) mass is 294 g/mol. The minimum Gasteiger partial charge on any atom is -0.338 e. The predicted molar refractivity (Wildman–Crippen MR) is 88.3 cm³/mol. The Kier molecular flexibility index (Phi) is 4.54. The first-order chi connectivity index (χ1) is 10.7. The lowest BCUT2D eigenvalue weighted by Gasteiger charge is -2.29. The van der Waals surface area contributed by atoms with Crippen LogP contribution in [0.2, 0.25) is 0 Å². The van der Waals surface area contributed by atoms with Crippen LogP contribution in [0.1, 0.15) is 23.1 Å². The first kappa shape index (κ1) is 14.8. The van der Waals surface area contributed by atoms with E-state index in [1.807, 2.05) is 29.2 Å². The lowest BCUT2D eigenvalue weighted by Crippen LogP contribution is -2.39. The van der Waals surface area contributed by atoms with E-state index in [0.29, 0.717) is 13.0 Å². The van der Waals surface area contributed by atoms with Crippen LogP contribution in [0.25, 0.3) is 0 Å². The highest BCUT2D eigenvalue weighted by Gasteiger charge is 2.21. The van der Waals surface area contributed by atoms with E-state index in [0.717, 1.165) is 19.4 Å². The third-order valence-electron chi connectivity index (χ3n) is 4.26. The van der Waals surface area contributed by atoms with E-state index in [9.17, 15) is 4.79 Å². The molecule has 0 saturated heterocycles. The van der Waals surface area contributed by atoms with Crippen molar-refractivity contribution in [3.63, 3.8) is 0 Å². The largest absolute Gasteiger partial charge is 0.338 e. The van der Waals surface area contributed by atoms with E-state index in [2.05, 4.69) is 30.3 Å². The quantitative estimate of drug-likeness (QED) is 0.942. The molecule has 114 valence electrons. The highest BCUT2D eigenvalue weighted by molar-refractivity contribution is 5.77. The van der Waals surface area contributed by atoms with Gasteiger partial charge in [0, 0.05) is 25.6 Å². The lowest BCUT2D eigenvalue weighted by molar-refractivity contribution is -0.132. The maximum absolute atomic E-state index is 12.5. The molecule has 2 N–H and O–H groups in total. The Bertz CT molecular complexity index is 639. The Morgan fingerprint density at radius 2 is 1.73 bits per heavy atom. The molecule has 3 heteroatoms. The molecule has 2 aromatic carbocycles. The minimum absolute atomic E-state index is 0.118. The van der Waals surface area contributed by atoms with Crippen LogP contribution in [0, 0.1) is 0 Å². The molecule has 1 amide bonds. The van der Waals surface area contributed by atoms with Gasteiger partial charge in [0.25, 0.3) is 0 Å². The minimum atomic E-state index is -0.118. The molecule has 2 aromatic rings. The summed E-state index contributed by atoms with van der Waals surface area (Å²) in [6.45, 7) is 1.51. The molecule has 1 atom stereocenters. The topological polar surface area (TPSA) is 46.3 Å². The fraction of sp³-hybridized carbons (Fsp3) is 0.316. The fourth-order valence-electron chi connectivity index (χ4n) is 3.05. The van der Waals surface area contributed by atoms with Crippen LogP contribution in [0.15, 0.2) is 54.6 Å². The number of amides is 1. The van der Waals surface area contributed by atoms with Crippen LogP contribution in [-0.4, -0.2) is 23.4 Å². The summed E-state index contributed by atoms with van der Waals surface area (Å²) in [4.78, 5) is 14.4. The summed E-state index contributed by atoms with van der Waals surface area (Å²) in [6.07, 6.45) is 2.10. The summed E-state index contributed by atoms with van der Waals surface area (Å²) in [7, 11) is 0. The Balaban J connectivity index is 1.56. The van der Waals surface area contributed by atoms with E-state index in [4.69, 9.17) is 5.73 Å². The molecule has 3 nitrogen and oxygen atoms in total. The standard InChI is InChI=1S/C19H22N2O/c20-18(12-15-6-2-1-3-7-15)13-19(22)21-11-10-16-8-4-5-9-17(16)14-21/h1-9,18H,10-14,20H2/t18-/m1/s1. The SMILES string of the molecule is N[C@@H](CC(=O)N1CCc2ccccc2C1)Cc1ccccc1. The molecule has 3 rings (SSSR count). The highest BCUT2D eigenvalue weighted by atomic mass is 16.2. The molecular weight excluding hydrogens is 272 g/mol. The van der Waals surface area contributed by atoms with Crippen molar-refractivity contribution in [3.8, 4) is 0 Å². The Labute approximate surface area is 131 Å². The van der Waals surface area contributed by atoms with Crippen molar-refractivity contribution in [1.29, 1.82) is 0 Å². The van der Waals surface area contributed by atoms with Gasteiger partial charge in [0.1, 0.15) is 0 Å². The second kappa shape index (κ2) is 6.75. The van der Waals surface area contributed by atoms with Crippen LogP contribution >= 0.6 is 0 Å². The zero-order valence-electron chi connectivity index (χ0n) is 12.7. The molecule has 0 aromatic heterocycles. The van der Waals surface area contributed by atoms with Gasteiger partial charge in [-0.25, -0.2) is 0 Å². The van der Waals surface area contributed by atoms with Crippen molar-refractivity contribution in [1.82, 2.24) is 4.90 Å². The van der Waals surface area contributed by atoms with Crippen LogP contribution < -0.4 is 5.73 Å². The van der Waals surface area contributed by atoms with Gasteiger partial charge in [0.05, 0.1) is 0 Å². The number of rotatable bonds is 4. The van der Waals surface area contributed by atoms with Crippen molar-refractivity contribution >= 4 is 5.91 Å². The van der Waals surface area contributed by atoms with Gasteiger partial charge in [0.15, 0.2) is 0 Å². The van der Waals surface area contributed by atoms with Crippen molar-refractivity contribution in [2.24, 2.45) is 5.73 Å². The number of fused-ring (bicyclic) bond motifs is 1. The molecule has 0 saturated carbocycles. The summed E-state index contributed by atoms with van der Waals surface area (Å²) < 4.78 is 0. The van der Waals surface area contributed by atoms with Gasteiger partial charge in [-0.1, -0.05) is 54.6 Å². The maximum atomic E-state index is 12.5. The number of benzene rings is 2. The highest BCUT2D eigenvalue weighted by Crippen LogP contribution is 2.19. The van der Waals surface area contributed by atoms with E-state index in [-0.39, 0.29) is 11.9 Å². The number of nitrogens with two attached hydrogens (primary N) is 1. The zero-order valence-corrected chi connectivity index (χ0v) is 12.7. The average Bonchev–Trinajstić information content (AvgIpc) is 2.55. The summed E-state index contributed by atoms with van der Waals surface area (Å²) in [5.74, 6) is 0.165. The molecule has 0 aliphatic carbocycles. The fourth-order valence-corrected chi connectivity index (χ4v) is 3.05. The van der Waals surface area contributed by atoms with Gasteiger partial charge in [-0.05, 0) is 29.5 Å². The Morgan fingerprint density at radius 1 is 1.05 bits per heavy atom. The average molecular weight is 294 g/mol. The first-order valence-electron chi connectivity index (χ1n) is 7.86. The van der Waals surface area contributed by atoms with Crippen LogP contribution in [0.3, 0.4) is 0 Å². The normalized spacial score (nSPS) is 15.2.